The van der Waals surface area contributed by atoms with Gasteiger partial charge in [0.15, 0.2) is 17.9 Å². The van der Waals surface area contributed by atoms with Gasteiger partial charge in [0, 0.05) is 25.8 Å². The number of carbonyl (C=O) groups excluding carboxylic acids is 1. The van der Waals surface area contributed by atoms with Gasteiger partial charge in [-0.15, -0.1) is 0 Å². The van der Waals surface area contributed by atoms with Crippen LogP contribution in [-0.4, -0.2) is 34.0 Å². The first kappa shape index (κ1) is 25.5. The summed E-state index contributed by atoms with van der Waals surface area (Å²) < 4.78 is 24.6. The molecule has 0 bridgehead atoms. The number of ether oxygens (including phenoxy) is 1. The van der Waals surface area contributed by atoms with Crippen LogP contribution < -0.4 is 4.74 Å². The van der Waals surface area contributed by atoms with Crippen LogP contribution in [0.2, 0.25) is 0 Å². The fourth-order valence-corrected chi connectivity index (χ4v) is 5.20. The summed E-state index contributed by atoms with van der Waals surface area (Å²) >= 11 is 0. The number of aryl methyl sites for hydroxylation is 3. The van der Waals surface area contributed by atoms with Crippen molar-refractivity contribution >= 4 is 5.91 Å². The normalized spacial score (nSPS) is 14.8. The van der Waals surface area contributed by atoms with Crippen molar-refractivity contribution in [3.05, 3.63) is 112 Å². The van der Waals surface area contributed by atoms with Crippen LogP contribution in [-0.2, 0) is 24.1 Å². The van der Waals surface area contributed by atoms with E-state index in [2.05, 4.69) is 37.0 Å². The summed E-state index contributed by atoms with van der Waals surface area (Å²) in [5, 5.41) is 10.7. The lowest BCUT2D eigenvalue weighted by molar-refractivity contribution is -0.133. The number of rotatable bonds is 8. The number of aromatic hydroxyl groups is 1. The van der Waals surface area contributed by atoms with Crippen LogP contribution in [0.25, 0.3) is 0 Å². The molecule has 7 heteroatoms. The van der Waals surface area contributed by atoms with E-state index < -0.39 is 0 Å². The zero-order chi connectivity index (χ0) is 26.6. The van der Waals surface area contributed by atoms with Gasteiger partial charge in [-0.05, 0) is 72.4 Å². The topological polar surface area (TPSA) is 75.8 Å². The SMILES string of the molecule is Cc1ccc(C2c3cc(OCCc4cccc(F)c4)c(O)cc3CCN2C(=O)CCc2cocn2)c(C)c1. The second-order valence-corrected chi connectivity index (χ2v) is 9.83. The number of phenols is 1. The number of carbonyl (C=O) groups is 1. The number of hydrogen-bond donors (Lipinski definition) is 1. The summed E-state index contributed by atoms with van der Waals surface area (Å²) in [4.78, 5) is 19.6. The molecule has 1 amide bonds. The summed E-state index contributed by atoms with van der Waals surface area (Å²) in [5.74, 6) is 0.161. The molecule has 0 saturated carbocycles. The Morgan fingerprint density at radius 1 is 1.13 bits per heavy atom. The second kappa shape index (κ2) is 11.1. The van der Waals surface area contributed by atoms with E-state index in [0.29, 0.717) is 38.0 Å². The third-order valence-corrected chi connectivity index (χ3v) is 7.11. The van der Waals surface area contributed by atoms with Crippen LogP contribution in [0.3, 0.4) is 0 Å². The number of fused-ring (bicyclic) bond motifs is 1. The van der Waals surface area contributed by atoms with E-state index >= 15 is 0 Å². The number of aromatic nitrogens is 1. The van der Waals surface area contributed by atoms with Gasteiger partial charge in [0.25, 0.3) is 0 Å². The molecule has 0 spiro atoms. The molecule has 1 aliphatic heterocycles. The van der Waals surface area contributed by atoms with Gasteiger partial charge in [-0.2, -0.15) is 0 Å². The van der Waals surface area contributed by atoms with Crippen LogP contribution >= 0.6 is 0 Å². The minimum absolute atomic E-state index is 0.0327. The third-order valence-electron chi connectivity index (χ3n) is 7.11. The van der Waals surface area contributed by atoms with Gasteiger partial charge in [0.2, 0.25) is 5.91 Å². The first-order valence-corrected chi connectivity index (χ1v) is 12.9. The summed E-state index contributed by atoms with van der Waals surface area (Å²) in [6.45, 7) is 4.94. The fourth-order valence-electron chi connectivity index (χ4n) is 5.20. The number of hydrogen-bond acceptors (Lipinski definition) is 5. The van der Waals surface area contributed by atoms with Crippen molar-refractivity contribution < 1.29 is 23.4 Å². The van der Waals surface area contributed by atoms with Crippen molar-refractivity contribution in [2.75, 3.05) is 13.2 Å². The molecule has 0 saturated heterocycles. The molecule has 0 radical (unpaired) electrons. The Morgan fingerprint density at radius 2 is 2.00 bits per heavy atom. The Labute approximate surface area is 221 Å². The first-order chi connectivity index (χ1) is 18.4. The van der Waals surface area contributed by atoms with Crippen molar-refractivity contribution in [2.24, 2.45) is 0 Å². The van der Waals surface area contributed by atoms with Crippen LogP contribution in [0.15, 0.2) is 71.7 Å². The molecule has 0 fully saturated rings. The highest BCUT2D eigenvalue weighted by Crippen LogP contribution is 2.42. The molecule has 1 unspecified atom stereocenters. The predicted molar refractivity (Wildman–Crippen MR) is 142 cm³/mol. The molecular weight excluding hydrogens is 483 g/mol. The molecule has 3 aromatic carbocycles. The van der Waals surface area contributed by atoms with E-state index in [0.717, 1.165) is 39.1 Å². The van der Waals surface area contributed by atoms with Crippen molar-refractivity contribution in [1.29, 1.82) is 0 Å². The van der Waals surface area contributed by atoms with Gasteiger partial charge in [-0.25, -0.2) is 9.37 Å². The van der Waals surface area contributed by atoms with Gasteiger partial charge >= 0.3 is 0 Å². The Hall–Kier alpha value is -4.13. The van der Waals surface area contributed by atoms with Crippen LogP contribution in [0, 0.1) is 19.7 Å². The first-order valence-electron chi connectivity index (χ1n) is 12.9. The Kier molecular flexibility index (Phi) is 7.45. The van der Waals surface area contributed by atoms with E-state index in [1.807, 2.05) is 17.0 Å². The van der Waals surface area contributed by atoms with Gasteiger partial charge in [-0.3, -0.25) is 4.79 Å². The maximum absolute atomic E-state index is 13.5. The van der Waals surface area contributed by atoms with E-state index in [1.54, 1.807) is 18.4 Å². The summed E-state index contributed by atoms with van der Waals surface area (Å²) in [6, 6.07) is 16.0. The maximum atomic E-state index is 13.5. The lowest BCUT2D eigenvalue weighted by Crippen LogP contribution is -2.41. The third kappa shape index (κ3) is 5.57. The molecular formula is C31H31FN2O4. The standard InChI is InChI=1S/C31H31FN2O4/c1-20-6-8-26(21(2)14-20)31-27-17-29(38-13-11-22-4-3-5-24(32)15-22)28(35)16-23(27)10-12-34(31)30(36)9-7-25-18-37-19-33-25/h3-6,8,14-19,31,35H,7,9-13H2,1-2H3. The molecule has 38 heavy (non-hydrogen) atoms. The molecule has 1 aliphatic rings. The molecule has 196 valence electrons. The second-order valence-electron chi connectivity index (χ2n) is 9.83. The Balaban J connectivity index is 1.44. The lowest BCUT2D eigenvalue weighted by Gasteiger charge is -2.39. The van der Waals surface area contributed by atoms with Crippen LogP contribution in [0.1, 0.15) is 51.5 Å². The minimum Gasteiger partial charge on any atom is -0.504 e. The molecule has 5 rings (SSSR count). The maximum Gasteiger partial charge on any atom is 0.223 e. The average Bonchev–Trinajstić information content (AvgIpc) is 3.41. The fraction of sp³-hybridized carbons (Fsp3) is 0.290. The van der Waals surface area contributed by atoms with Crippen molar-refractivity contribution in [1.82, 2.24) is 9.88 Å². The number of amides is 1. The summed E-state index contributed by atoms with van der Waals surface area (Å²) in [6.07, 6.45) is 4.89. The number of benzene rings is 3. The summed E-state index contributed by atoms with van der Waals surface area (Å²) in [7, 11) is 0. The van der Waals surface area contributed by atoms with Crippen LogP contribution in [0.4, 0.5) is 4.39 Å². The smallest absolute Gasteiger partial charge is 0.223 e. The van der Waals surface area contributed by atoms with Gasteiger partial charge in [-0.1, -0.05) is 35.9 Å². The van der Waals surface area contributed by atoms with E-state index in [-0.39, 0.29) is 30.1 Å². The number of halogens is 1. The molecule has 6 nitrogen and oxygen atoms in total. The number of phenolic OH excluding ortho intramolecular Hbond substituents is 1. The molecule has 1 aromatic heterocycles. The van der Waals surface area contributed by atoms with Gasteiger partial charge < -0.3 is 19.2 Å². The van der Waals surface area contributed by atoms with E-state index in [9.17, 15) is 14.3 Å². The molecule has 0 aliphatic carbocycles. The lowest BCUT2D eigenvalue weighted by atomic mass is 9.85. The molecule has 4 aromatic rings. The van der Waals surface area contributed by atoms with Crippen molar-refractivity contribution in [2.45, 2.75) is 45.6 Å². The van der Waals surface area contributed by atoms with Crippen LogP contribution in [0.5, 0.6) is 11.5 Å². The largest absolute Gasteiger partial charge is 0.504 e. The van der Waals surface area contributed by atoms with E-state index in [1.165, 1.54) is 18.5 Å². The Morgan fingerprint density at radius 3 is 2.76 bits per heavy atom. The highest BCUT2D eigenvalue weighted by Gasteiger charge is 2.34. The molecule has 1 N–H and O–H groups in total. The van der Waals surface area contributed by atoms with Gasteiger partial charge in [0.05, 0.1) is 18.3 Å². The molecule has 2 heterocycles. The number of nitrogens with zero attached hydrogens (tertiary/aromatic N) is 2. The highest BCUT2D eigenvalue weighted by molar-refractivity contribution is 5.78. The predicted octanol–water partition coefficient (Wildman–Crippen LogP) is 5.86. The Bertz CT molecular complexity index is 1430. The van der Waals surface area contributed by atoms with Crippen molar-refractivity contribution in [3.63, 3.8) is 0 Å². The zero-order valence-corrected chi connectivity index (χ0v) is 21.6. The number of oxazole rings is 1. The zero-order valence-electron chi connectivity index (χ0n) is 21.6. The minimum atomic E-state index is -0.310. The van der Waals surface area contributed by atoms with Gasteiger partial charge in [0.1, 0.15) is 12.1 Å². The summed E-state index contributed by atoms with van der Waals surface area (Å²) in [5.41, 5.74) is 6.79. The monoisotopic (exact) mass is 514 g/mol. The average molecular weight is 515 g/mol. The molecule has 1 atom stereocenters. The van der Waals surface area contributed by atoms with E-state index in [4.69, 9.17) is 9.15 Å². The quantitative estimate of drug-likeness (QED) is 0.319. The highest BCUT2D eigenvalue weighted by atomic mass is 19.1. The van der Waals surface area contributed by atoms with Crippen molar-refractivity contribution in [3.8, 4) is 11.5 Å².